The van der Waals surface area contributed by atoms with Gasteiger partial charge in [0, 0.05) is 37.1 Å². The summed E-state index contributed by atoms with van der Waals surface area (Å²) in [7, 11) is 0. The second-order valence-electron chi connectivity index (χ2n) is 6.79. The number of carbonyl (C=O) groups excluding carboxylic acids is 2. The minimum atomic E-state index is -0.580. The van der Waals surface area contributed by atoms with E-state index in [9.17, 15) is 9.59 Å². The van der Waals surface area contributed by atoms with Crippen molar-refractivity contribution < 1.29 is 14.3 Å². The van der Waals surface area contributed by atoms with Gasteiger partial charge in [-0.05, 0) is 25.5 Å². The van der Waals surface area contributed by atoms with Crippen LogP contribution in [0.1, 0.15) is 21.9 Å². The van der Waals surface area contributed by atoms with Crippen molar-refractivity contribution in [1.29, 1.82) is 0 Å². The number of ether oxygens (including phenoxy) is 1. The predicted molar refractivity (Wildman–Crippen MR) is 96.0 cm³/mol. The molecular weight excluding hydrogens is 352 g/mol. The summed E-state index contributed by atoms with van der Waals surface area (Å²) in [5, 5.41) is 5.60. The lowest BCUT2D eigenvalue weighted by molar-refractivity contribution is -0.128. The molecule has 4 rings (SSSR count). The molecule has 2 aliphatic rings. The number of hydrogen-bond acceptors (Lipinski definition) is 6. The van der Waals surface area contributed by atoms with Crippen LogP contribution in [0.3, 0.4) is 0 Å². The Balaban J connectivity index is 1.47. The Kier molecular flexibility index (Phi) is 4.36. The quantitative estimate of drug-likeness (QED) is 0.879. The molecule has 0 aromatic carbocycles. The maximum atomic E-state index is 12.7. The van der Waals surface area contributed by atoms with Gasteiger partial charge in [0.25, 0.3) is 5.91 Å². The number of carbonyl (C=O) groups is 2. The van der Waals surface area contributed by atoms with Crippen LogP contribution >= 0.6 is 11.3 Å². The van der Waals surface area contributed by atoms with Crippen molar-refractivity contribution in [1.82, 2.24) is 20.2 Å². The Hall–Kier alpha value is -2.48. The first-order valence-corrected chi connectivity index (χ1v) is 9.49. The van der Waals surface area contributed by atoms with E-state index in [-0.39, 0.29) is 17.7 Å². The van der Waals surface area contributed by atoms with E-state index in [1.807, 2.05) is 19.1 Å². The van der Waals surface area contributed by atoms with Crippen LogP contribution in [0, 0.1) is 18.3 Å². The number of amides is 2. The number of nitrogens with one attached hydrogen (secondary N) is 1. The fraction of sp³-hybridized carbons (Fsp3) is 0.444. The number of pyridine rings is 1. The highest BCUT2D eigenvalue weighted by molar-refractivity contribution is 7.09. The van der Waals surface area contributed by atoms with E-state index >= 15 is 0 Å². The summed E-state index contributed by atoms with van der Waals surface area (Å²) in [5.74, 6) is 0.621. The highest BCUT2D eigenvalue weighted by atomic mass is 32.1. The van der Waals surface area contributed by atoms with Crippen LogP contribution in [-0.2, 0) is 4.79 Å². The minimum absolute atomic E-state index is 0.0158. The maximum absolute atomic E-state index is 12.7. The molecule has 0 unspecified atom stereocenters. The summed E-state index contributed by atoms with van der Waals surface area (Å²) in [4.78, 5) is 35.4. The van der Waals surface area contributed by atoms with E-state index in [2.05, 4.69) is 15.3 Å². The van der Waals surface area contributed by atoms with Crippen LogP contribution in [0.25, 0.3) is 0 Å². The van der Waals surface area contributed by atoms with Crippen LogP contribution < -0.4 is 10.1 Å². The minimum Gasteiger partial charge on any atom is -0.492 e. The number of aryl methyl sites for hydroxylation is 1. The van der Waals surface area contributed by atoms with Gasteiger partial charge in [-0.25, -0.2) is 4.98 Å². The first kappa shape index (κ1) is 17.0. The number of nitrogens with zero attached hydrogens (tertiary/aromatic N) is 3. The van der Waals surface area contributed by atoms with E-state index < -0.39 is 5.41 Å². The highest BCUT2D eigenvalue weighted by Crippen LogP contribution is 2.42. The summed E-state index contributed by atoms with van der Waals surface area (Å²) >= 11 is 1.46. The number of likely N-dealkylation sites (tertiary alicyclic amines) is 1. The monoisotopic (exact) mass is 372 g/mol. The van der Waals surface area contributed by atoms with E-state index in [4.69, 9.17) is 4.74 Å². The fourth-order valence-electron chi connectivity index (χ4n) is 3.77. The Morgan fingerprint density at radius 2 is 2.42 bits per heavy atom. The van der Waals surface area contributed by atoms with Gasteiger partial charge < -0.3 is 15.0 Å². The summed E-state index contributed by atoms with van der Waals surface area (Å²) < 4.78 is 5.84. The molecule has 2 amide bonds. The molecule has 0 aliphatic carbocycles. The molecule has 7 nitrogen and oxygen atoms in total. The lowest BCUT2D eigenvalue weighted by Gasteiger charge is -2.27. The van der Waals surface area contributed by atoms with Gasteiger partial charge in [0.05, 0.1) is 23.2 Å². The molecule has 0 bridgehead atoms. The van der Waals surface area contributed by atoms with Crippen molar-refractivity contribution in [3.8, 4) is 5.75 Å². The van der Waals surface area contributed by atoms with E-state index in [0.717, 1.165) is 5.01 Å². The average Bonchev–Trinajstić information content (AvgIpc) is 3.36. The molecule has 2 saturated heterocycles. The summed E-state index contributed by atoms with van der Waals surface area (Å²) in [6.45, 7) is 3.84. The van der Waals surface area contributed by atoms with E-state index in [1.54, 1.807) is 22.7 Å². The molecule has 26 heavy (non-hydrogen) atoms. The Morgan fingerprint density at radius 1 is 1.54 bits per heavy atom. The normalized spacial score (nSPS) is 24.9. The van der Waals surface area contributed by atoms with Gasteiger partial charge in [-0.1, -0.05) is 0 Å². The standard InChI is InChI=1S/C18H20N4O3S/c1-12-21-15(10-26-12)16(23)22-6-4-18(11-22)13(7-20-17(18)24)9-25-14-3-2-5-19-8-14/h2-3,5,8,10,13H,4,6-7,9,11H2,1H3,(H,20,24)/t13-,18+/m0/s1. The molecule has 8 heteroatoms. The van der Waals surface area contributed by atoms with E-state index in [1.165, 1.54) is 11.3 Å². The average molecular weight is 372 g/mol. The van der Waals surface area contributed by atoms with Crippen LogP contribution in [-0.4, -0.2) is 52.9 Å². The van der Waals surface area contributed by atoms with Gasteiger partial charge in [0.2, 0.25) is 5.91 Å². The first-order valence-electron chi connectivity index (χ1n) is 8.61. The van der Waals surface area contributed by atoms with Crippen LogP contribution in [0.2, 0.25) is 0 Å². The van der Waals surface area contributed by atoms with Crippen molar-refractivity contribution in [2.24, 2.45) is 11.3 Å². The fourth-order valence-corrected chi connectivity index (χ4v) is 4.36. The number of thiazole rings is 1. The molecule has 1 N–H and O–H groups in total. The van der Waals surface area contributed by atoms with Crippen molar-refractivity contribution >= 4 is 23.2 Å². The number of hydrogen-bond donors (Lipinski definition) is 1. The second kappa shape index (κ2) is 6.68. The number of rotatable bonds is 4. The number of aromatic nitrogens is 2. The zero-order chi connectivity index (χ0) is 18.1. The van der Waals surface area contributed by atoms with Gasteiger partial charge >= 0.3 is 0 Å². The molecular formula is C18H20N4O3S. The van der Waals surface area contributed by atoms with Crippen molar-refractivity contribution in [3.05, 3.63) is 40.6 Å². The Morgan fingerprint density at radius 3 is 3.15 bits per heavy atom. The van der Waals surface area contributed by atoms with Gasteiger partial charge in [-0.15, -0.1) is 11.3 Å². The molecule has 4 heterocycles. The van der Waals surface area contributed by atoms with Gasteiger partial charge in [-0.2, -0.15) is 0 Å². The summed E-state index contributed by atoms with van der Waals surface area (Å²) in [5.41, 5.74) is -0.116. The zero-order valence-corrected chi connectivity index (χ0v) is 15.3. The zero-order valence-electron chi connectivity index (χ0n) is 14.5. The molecule has 2 aliphatic heterocycles. The molecule has 0 radical (unpaired) electrons. The smallest absolute Gasteiger partial charge is 0.273 e. The third-order valence-corrected chi connectivity index (χ3v) is 6.03. The van der Waals surface area contributed by atoms with Gasteiger partial charge in [-0.3, -0.25) is 14.6 Å². The van der Waals surface area contributed by atoms with Crippen LogP contribution in [0.5, 0.6) is 5.75 Å². The Labute approximate surface area is 155 Å². The first-order chi connectivity index (χ1) is 12.6. The lowest BCUT2D eigenvalue weighted by Crippen LogP contribution is -2.41. The Bertz CT molecular complexity index is 825. The SMILES string of the molecule is Cc1nc(C(=O)N2CC[C@]3(C2)C(=O)NC[C@H]3COc2cccnc2)cs1. The largest absolute Gasteiger partial charge is 0.492 e. The third-order valence-electron chi connectivity index (χ3n) is 5.25. The molecule has 2 fully saturated rings. The molecule has 2 aromatic rings. The summed E-state index contributed by atoms with van der Waals surface area (Å²) in [6, 6.07) is 3.66. The van der Waals surface area contributed by atoms with Crippen molar-refractivity contribution in [2.45, 2.75) is 13.3 Å². The molecule has 2 aromatic heterocycles. The predicted octanol–water partition coefficient (Wildman–Crippen LogP) is 1.50. The maximum Gasteiger partial charge on any atom is 0.273 e. The molecule has 2 atom stereocenters. The van der Waals surface area contributed by atoms with Crippen LogP contribution in [0.4, 0.5) is 0 Å². The molecule has 0 saturated carbocycles. The summed E-state index contributed by atoms with van der Waals surface area (Å²) in [6.07, 6.45) is 4.00. The lowest BCUT2D eigenvalue weighted by atomic mass is 9.77. The van der Waals surface area contributed by atoms with E-state index in [0.29, 0.717) is 44.1 Å². The van der Waals surface area contributed by atoms with Crippen LogP contribution in [0.15, 0.2) is 29.9 Å². The topological polar surface area (TPSA) is 84.4 Å². The second-order valence-corrected chi connectivity index (χ2v) is 7.85. The molecule has 136 valence electrons. The molecule has 1 spiro atoms. The van der Waals surface area contributed by atoms with Crippen molar-refractivity contribution in [2.75, 3.05) is 26.2 Å². The highest BCUT2D eigenvalue weighted by Gasteiger charge is 2.55. The van der Waals surface area contributed by atoms with Gasteiger partial charge in [0.1, 0.15) is 11.4 Å². The van der Waals surface area contributed by atoms with Gasteiger partial charge in [0.15, 0.2) is 0 Å². The van der Waals surface area contributed by atoms with Crippen molar-refractivity contribution in [3.63, 3.8) is 0 Å². The third kappa shape index (κ3) is 2.94.